The van der Waals surface area contributed by atoms with E-state index in [1.165, 1.54) is 17.7 Å². The molecule has 0 bridgehead atoms. The van der Waals surface area contributed by atoms with E-state index in [1.807, 2.05) is 18.2 Å². The highest BCUT2D eigenvalue weighted by Crippen LogP contribution is 2.23. The van der Waals surface area contributed by atoms with E-state index in [0.29, 0.717) is 18.2 Å². The second-order valence-electron chi connectivity index (χ2n) is 7.02. The Morgan fingerprint density at radius 2 is 2.08 bits per heavy atom. The van der Waals surface area contributed by atoms with E-state index in [-0.39, 0.29) is 24.6 Å². The normalized spacial score (nSPS) is 19.8. The number of ether oxygens (including phenoxy) is 1. The molecule has 0 saturated heterocycles. The number of nitrogens with zero attached hydrogens (tertiary/aromatic N) is 1. The molecule has 1 aliphatic rings. The zero-order valence-electron chi connectivity index (χ0n) is 15.4. The lowest BCUT2D eigenvalue weighted by Gasteiger charge is -2.27. The summed E-state index contributed by atoms with van der Waals surface area (Å²) in [6.07, 6.45) is 4.54. The van der Waals surface area contributed by atoms with Gasteiger partial charge in [0.25, 0.3) is 5.91 Å². The molecular formula is C19H29N3O3. The number of benzene rings is 1. The lowest BCUT2D eigenvalue weighted by Crippen LogP contribution is -2.43. The summed E-state index contributed by atoms with van der Waals surface area (Å²) in [6, 6.07) is 7.56. The van der Waals surface area contributed by atoms with Crippen LogP contribution in [0.15, 0.2) is 24.3 Å². The van der Waals surface area contributed by atoms with Crippen LogP contribution in [-0.2, 0) is 11.3 Å². The molecule has 6 heteroatoms. The van der Waals surface area contributed by atoms with Crippen LogP contribution in [0.25, 0.3) is 0 Å². The second-order valence-corrected chi connectivity index (χ2v) is 7.02. The Hall–Kier alpha value is -2.24. The monoisotopic (exact) mass is 347 g/mol. The second kappa shape index (κ2) is 9.30. The van der Waals surface area contributed by atoms with Gasteiger partial charge in [0.15, 0.2) is 6.61 Å². The molecule has 0 unspecified atom stereocenters. The first kappa shape index (κ1) is 19.1. The highest BCUT2D eigenvalue weighted by atomic mass is 16.5. The molecule has 0 aliphatic heterocycles. The number of hydrogen-bond donors (Lipinski definition) is 2. The minimum Gasteiger partial charge on any atom is -0.484 e. The first-order chi connectivity index (χ1) is 11.9. The Morgan fingerprint density at radius 3 is 2.80 bits per heavy atom. The number of likely N-dealkylation sites (N-methyl/N-ethyl adjacent to an activating group) is 1. The molecule has 1 aromatic carbocycles. The van der Waals surface area contributed by atoms with Gasteiger partial charge in [-0.3, -0.25) is 4.79 Å². The van der Waals surface area contributed by atoms with Crippen LogP contribution in [-0.4, -0.2) is 43.6 Å². The summed E-state index contributed by atoms with van der Waals surface area (Å²) >= 11 is 0. The summed E-state index contributed by atoms with van der Waals surface area (Å²) in [6.45, 7) is 2.66. The lowest BCUT2D eigenvalue weighted by atomic mass is 9.87. The van der Waals surface area contributed by atoms with Crippen LogP contribution in [0.3, 0.4) is 0 Å². The van der Waals surface area contributed by atoms with Crippen molar-refractivity contribution in [3.63, 3.8) is 0 Å². The topological polar surface area (TPSA) is 70.7 Å². The predicted molar refractivity (Wildman–Crippen MR) is 97.4 cm³/mol. The Morgan fingerprint density at radius 1 is 1.28 bits per heavy atom. The van der Waals surface area contributed by atoms with Gasteiger partial charge in [0.05, 0.1) is 0 Å². The smallest absolute Gasteiger partial charge is 0.315 e. The van der Waals surface area contributed by atoms with E-state index in [1.54, 1.807) is 20.2 Å². The van der Waals surface area contributed by atoms with Crippen LogP contribution in [0.2, 0.25) is 0 Å². The minimum absolute atomic E-state index is 0.00420. The first-order valence-electron chi connectivity index (χ1n) is 8.90. The highest BCUT2D eigenvalue weighted by Gasteiger charge is 2.20. The van der Waals surface area contributed by atoms with E-state index in [9.17, 15) is 9.59 Å². The van der Waals surface area contributed by atoms with Gasteiger partial charge in [0.1, 0.15) is 5.75 Å². The van der Waals surface area contributed by atoms with Gasteiger partial charge >= 0.3 is 6.03 Å². The van der Waals surface area contributed by atoms with Gasteiger partial charge < -0.3 is 20.3 Å². The van der Waals surface area contributed by atoms with Gasteiger partial charge in [0.2, 0.25) is 0 Å². The molecule has 1 aliphatic carbocycles. The van der Waals surface area contributed by atoms with Crippen molar-refractivity contribution in [1.29, 1.82) is 0 Å². The summed E-state index contributed by atoms with van der Waals surface area (Å²) in [5.41, 5.74) is 0.932. The van der Waals surface area contributed by atoms with Crippen molar-refractivity contribution < 1.29 is 14.3 Å². The molecule has 2 atom stereocenters. The molecule has 1 aromatic rings. The minimum atomic E-state index is -0.131. The summed E-state index contributed by atoms with van der Waals surface area (Å²) < 4.78 is 5.49. The van der Waals surface area contributed by atoms with Crippen LogP contribution < -0.4 is 15.4 Å². The first-order valence-corrected chi connectivity index (χ1v) is 8.90. The highest BCUT2D eigenvalue weighted by molar-refractivity contribution is 5.77. The summed E-state index contributed by atoms with van der Waals surface area (Å²) in [4.78, 5) is 25.1. The van der Waals surface area contributed by atoms with Gasteiger partial charge in [-0.25, -0.2) is 4.79 Å². The van der Waals surface area contributed by atoms with E-state index < -0.39 is 0 Å². The van der Waals surface area contributed by atoms with Gasteiger partial charge in [-0.15, -0.1) is 0 Å². The third-order valence-electron chi connectivity index (χ3n) is 4.48. The third-order valence-corrected chi connectivity index (χ3v) is 4.48. The maximum Gasteiger partial charge on any atom is 0.315 e. The Kier molecular flexibility index (Phi) is 7.10. The number of hydrogen-bond acceptors (Lipinski definition) is 3. The number of nitrogens with one attached hydrogen (secondary N) is 2. The average Bonchev–Trinajstić information content (AvgIpc) is 2.58. The van der Waals surface area contributed by atoms with Crippen LogP contribution in [0.1, 0.15) is 38.2 Å². The fourth-order valence-corrected chi connectivity index (χ4v) is 3.00. The largest absolute Gasteiger partial charge is 0.484 e. The standard InChI is InChI=1S/C19H29N3O3/c1-14-6-4-8-16(10-14)21-19(24)20-12-15-7-5-9-17(11-15)25-13-18(23)22(2)3/h5,7,9,11,14,16H,4,6,8,10,12-13H2,1-3H3,(H2,20,21,24)/t14-,16-/m0/s1. The molecule has 0 aromatic heterocycles. The van der Waals surface area contributed by atoms with Gasteiger partial charge in [-0.1, -0.05) is 31.9 Å². The Bertz CT molecular complexity index is 589. The van der Waals surface area contributed by atoms with Crippen LogP contribution >= 0.6 is 0 Å². The zero-order chi connectivity index (χ0) is 18.2. The van der Waals surface area contributed by atoms with E-state index in [4.69, 9.17) is 4.74 Å². The predicted octanol–water partition coefficient (Wildman–Crippen LogP) is 2.53. The molecule has 0 heterocycles. The summed E-state index contributed by atoms with van der Waals surface area (Å²) in [5, 5.41) is 5.95. The van der Waals surface area contributed by atoms with E-state index >= 15 is 0 Å². The van der Waals surface area contributed by atoms with Crippen LogP contribution in [0.4, 0.5) is 4.79 Å². The third kappa shape index (κ3) is 6.64. The van der Waals surface area contributed by atoms with Crippen molar-refractivity contribution >= 4 is 11.9 Å². The molecule has 25 heavy (non-hydrogen) atoms. The molecule has 3 amide bonds. The molecule has 0 spiro atoms. The van der Waals surface area contributed by atoms with Crippen LogP contribution in [0.5, 0.6) is 5.75 Å². The fraction of sp³-hybridized carbons (Fsp3) is 0.579. The van der Waals surface area contributed by atoms with Gasteiger partial charge in [-0.2, -0.15) is 0 Å². The zero-order valence-corrected chi connectivity index (χ0v) is 15.4. The number of urea groups is 1. The lowest BCUT2D eigenvalue weighted by molar-refractivity contribution is -0.130. The van der Waals surface area contributed by atoms with Gasteiger partial charge in [0, 0.05) is 26.7 Å². The van der Waals surface area contributed by atoms with Crippen molar-refractivity contribution in [3.05, 3.63) is 29.8 Å². The van der Waals surface area contributed by atoms with Crippen molar-refractivity contribution in [2.75, 3.05) is 20.7 Å². The molecule has 138 valence electrons. The van der Waals surface area contributed by atoms with Crippen molar-refractivity contribution in [2.45, 2.75) is 45.2 Å². The average molecular weight is 347 g/mol. The Labute approximate surface area is 149 Å². The molecule has 2 rings (SSSR count). The van der Waals surface area contributed by atoms with Gasteiger partial charge in [-0.05, 0) is 36.5 Å². The van der Waals surface area contributed by atoms with Crippen molar-refractivity contribution in [2.24, 2.45) is 5.92 Å². The molecule has 1 saturated carbocycles. The van der Waals surface area contributed by atoms with Crippen LogP contribution in [0, 0.1) is 5.92 Å². The molecule has 1 fully saturated rings. The summed E-state index contributed by atoms with van der Waals surface area (Å²) in [7, 11) is 3.38. The van der Waals surface area contributed by atoms with Crippen molar-refractivity contribution in [3.8, 4) is 5.75 Å². The SMILES string of the molecule is C[C@H]1CCC[C@H](NC(=O)NCc2cccc(OCC(=O)N(C)C)c2)C1. The van der Waals surface area contributed by atoms with E-state index in [0.717, 1.165) is 18.4 Å². The number of rotatable bonds is 6. The maximum atomic E-state index is 12.1. The molecular weight excluding hydrogens is 318 g/mol. The fourth-order valence-electron chi connectivity index (χ4n) is 3.00. The quantitative estimate of drug-likeness (QED) is 0.831. The maximum absolute atomic E-state index is 12.1. The van der Waals surface area contributed by atoms with Crippen molar-refractivity contribution in [1.82, 2.24) is 15.5 Å². The Balaban J connectivity index is 1.77. The number of amides is 3. The van der Waals surface area contributed by atoms with E-state index in [2.05, 4.69) is 17.6 Å². The molecule has 6 nitrogen and oxygen atoms in total. The number of carbonyl (C=O) groups is 2. The molecule has 0 radical (unpaired) electrons. The number of carbonyl (C=O) groups excluding carboxylic acids is 2. The molecule has 2 N–H and O–H groups in total. The summed E-state index contributed by atoms with van der Waals surface area (Å²) in [5.74, 6) is 1.21.